The molecule has 0 saturated heterocycles. The van der Waals surface area contributed by atoms with Gasteiger partial charge in [-0.25, -0.2) is 0 Å². The third kappa shape index (κ3) is 5.24. The van der Waals surface area contributed by atoms with E-state index in [0.29, 0.717) is 19.1 Å². The van der Waals surface area contributed by atoms with E-state index in [1.54, 1.807) is 6.92 Å². The highest BCUT2D eigenvalue weighted by atomic mass is 19.4. The Bertz CT molecular complexity index is 266. The fourth-order valence-electron chi connectivity index (χ4n) is 0.889. The minimum absolute atomic E-state index is 0.0883. The van der Waals surface area contributed by atoms with E-state index in [4.69, 9.17) is 0 Å². The Labute approximate surface area is 86.9 Å². The molecule has 0 unspecified atom stereocenters. The maximum Gasteiger partial charge on any atom is 0.416 e. The van der Waals surface area contributed by atoms with Crippen LogP contribution in [0.25, 0.3) is 0 Å². The Kier molecular flexibility index (Phi) is 5.74. The number of hydrogen-bond donors (Lipinski definition) is 1. The summed E-state index contributed by atoms with van der Waals surface area (Å²) in [4.78, 5) is 10.3. The SMILES string of the molecule is CCC/C=C(\C=C(\C=O)NC)C(F)(F)F. The van der Waals surface area contributed by atoms with Crippen molar-refractivity contribution < 1.29 is 18.0 Å². The minimum atomic E-state index is -4.42. The molecule has 0 atom stereocenters. The zero-order valence-electron chi connectivity index (χ0n) is 8.69. The maximum atomic E-state index is 12.4. The third-order valence-corrected chi connectivity index (χ3v) is 1.71. The summed E-state index contributed by atoms with van der Waals surface area (Å²) in [6.45, 7) is 1.78. The number of hydrogen-bond acceptors (Lipinski definition) is 2. The van der Waals surface area contributed by atoms with Gasteiger partial charge in [-0.2, -0.15) is 13.2 Å². The van der Waals surface area contributed by atoms with E-state index in [0.717, 1.165) is 12.2 Å². The molecule has 0 aromatic rings. The van der Waals surface area contributed by atoms with Crippen LogP contribution in [0.3, 0.4) is 0 Å². The third-order valence-electron chi connectivity index (χ3n) is 1.71. The smallest absolute Gasteiger partial charge is 0.385 e. The van der Waals surface area contributed by atoms with Gasteiger partial charge < -0.3 is 5.32 Å². The average molecular weight is 221 g/mol. The molecule has 15 heavy (non-hydrogen) atoms. The number of carbonyl (C=O) groups is 1. The number of nitrogens with one attached hydrogen (secondary N) is 1. The van der Waals surface area contributed by atoms with Crippen LogP contribution >= 0.6 is 0 Å². The van der Waals surface area contributed by atoms with Crippen LogP contribution in [0, 0.1) is 0 Å². The largest absolute Gasteiger partial charge is 0.416 e. The summed E-state index contributed by atoms with van der Waals surface area (Å²) in [6.07, 6.45) is -1.21. The molecular weight excluding hydrogens is 207 g/mol. The average Bonchev–Trinajstić information content (AvgIpc) is 2.16. The first kappa shape index (κ1) is 13.7. The standard InChI is InChI=1S/C10H14F3NO/c1-3-4-5-8(10(11,12)13)6-9(7-15)14-2/h5-7,14H,3-4H2,1-2H3/b8-5+,9-6-. The van der Waals surface area contributed by atoms with Crippen molar-refractivity contribution in [2.45, 2.75) is 25.9 Å². The molecule has 0 saturated carbocycles. The quantitative estimate of drug-likeness (QED) is 0.439. The van der Waals surface area contributed by atoms with E-state index >= 15 is 0 Å². The van der Waals surface area contributed by atoms with E-state index in [9.17, 15) is 18.0 Å². The van der Waals surface area contributed by atoms with Gasteiger partial charge in [0.05, 0.1) is 11.3 Å². The molecule has 5 heteroatoms. The van der Waals surface area contributed by atoms with Gasteiger partial charge in [-0.05, 0) is 12.5 Å². The van der Waals surface area contributed by atoms with Crippen LogP contribution in [0.4, 0.5) is 13.2 Å². The van der Waals surface area contributed by atoms with Crippen LogP contribution < -0.4 is 5.32 Å². The lowest BCUT2D eigenvalue weighted by molar-refractivity contribution is -0.105. The number of alkyl halides is 3. The van der Waals surface area contributed by atoms with Gasteiger partial charge in [0.25, 0.3) is 0 Å². The zero-order chi connectivity index (χ0) is 11.9. The second kappa shape index (κ2) is 6.27. The van der Waals surface area contributed by atoms with Gasteiger partial charge in [-0.3, -0.25) is 4.79 Å². The Balaban J connectivity index is 4.96. The highest BCUT2D eigenvalue weighted by Crippen LogP contribution is 2.27. The first-order valence-corrected chi connectivity index (χ1v) is 4.57. The molecule has 0 radical (unpaired) electrons. The van der Waals surface area contributed by atoms with Crippen LogP contribution in [0.2, 0.25) is 0 Å². The van der Waals surface area contributed by atoms with Gasteiger partial charge >= 0.3 is 6.18 Å². The van der Waals surface area contributed by atoms with E-state index in [1.807, 2.05) is 0 Å². The van der Waals surface area contributed by atoms with Crippen molar-refractivity contribution in [2.75, 3.05) is 7.05 Å². The summed E-state index contributed by atoms with van der Waals surface area (Å²) in [5, 5.41) is 2.38. The van der Waals surface area contributed by atoms with Crippen molar-refractivity contribution in [3.63, 3.8) is 0 Å². The predicted molar refractivity (Wildman–Crippen MR) is 52.3 cm³/mol. The summed E-state index contributed by atoms with van der Waals surface area (Å²) in [5.74, 6) is 0. The predicted octanol–water partition coefficient (Wildman–Crippen LogP) is 2.58. The molecule has 0 amide bonds. The Morgan fingerprint density at radius 2 is 2.00 bits per heavy atom. The fraction of sp³-hybridized carbons (Fsp3) is 0.500. The molecule has 2 nitrogen and oxygen atoms in total. The molecule has 0 aromatic carbocycles. The fourth-order valence-corrected chi connectivity index (χ4v) is 0.889. The lowest BCUT2D eigenvalue weighted by atomic mass is 10.1. The van der Waals surface area contributed by atoms with Gasteiger partial charge in [0.2, 0.25) is 0 Å². The van der Waals surface area contributed by atoms with Gasteiger partial charge in [-0.15, -0.1) is 0 Å². The van der Waals surface area contributed by atoms with E-state index in [2.05, 4.69) is 5.32 Å². The number of allylic oxidation sites excluding steroid dienone is 4. The summed E-state index contributed by atoms with van der Waals surface area (Å²) in [5.41, 5.74) is -0.879. The van der Waals surface area contributed by atoms with E-state index < -0.39 is 11.7 Å². The van der Waals surface area contributed by atoms with Crippen molar-refractivity contribution in [2.24, 2.45) is 0 Å². The van der Waals surface area contributed by atoms with E-state index in [-0.39, 0.29) is 5.70 Å². The molecule has 0 bridgehead atoms. The van der Waals surface area contributed by atoms with Crippen LogP contribution in [-0.4, -0.2) is 19.5 Å². The van der Waals surface area contributed by atoms with Crippen LogP contribution in [0.15, 0.2) is 23.4 Å². The van der Waals surface area contributed by atoms with Gasteiger partial charge in [-0.1, -0.05) is 19.4 Å². The van der Waals surface area contributed by atoms with Gasteiger partial charge in [0, 0.05) is 7.05 Å². The molecule has 0 fully saturated rings. The van der Waals surface area contributed by atoms with Crippen molar-refractivity contribution in [3.8, 4) is 0 Å². The summed E-state index contributed by atoms with van der Waals surface area (Å²) in [7, 11) is 1.40. The first-order valence-electron chi connectivity index (χ1n) is 4.57. The van der Waals surface area contributed by atoms with Crippen LogP contribution in [-0.2, 0) is 4.79 Å². The van der Waals surface area contributed by atoms with Crippen molar-refractivity contribution in [3.05, 3.63) is 23.4 Å². The number of rotatable bonds is 5. The van der Waals surface area contributed by atoms with Crippen molar-refractivity contribution in [1.29, 1.82) is 0 Å². The Hall–Kier alpha value is -1.26. The Morgan fingerprint density at radius 1 is 1.40 bits per heavy atom. The number of unbranched alkanes of at least 4 members (excludes halogenated alkanes) is 1. The number of likely N-dealkylation sites (N-methyl/N-ethyl adjacent to an activating group) is 1. The zero-order valence-corrected chi connectivity index (χ0v) is 8.69. The number of aldehydes is 1. The van der Waals surface area contributed by atoms with Gasteiger partial charge in [0.15, 0.2) is 6.29 Å². The topological polar surface area (TPSA) is 29.1 Å². The lowest BCUT2D eigenvalue weighted by Gasteiger charge is -2.08. The lowest BCUT2D eigenvalue weighted by Crippen LogP contribution is -2.14. The number of halogens is 3. The molecule has 1 N–H and O–H groups in total. The Morgan fingerprint density at radius 3 is 2.33 bits per heavy atom. The summed E-state index contributed by atoms with van der Waals surface area (Å²) in [6, 6.07) is 0. The molecule has 86 valence electrons. The molecule has 0 aliphatic heterocycles. The molecular formula is C10H14F3NO. The minimum Gasteiger partial charge on any atom is -0.385 e. The van der Waals surface area contributed by atoms with Crippen LogP contribution in [0.1, 0.15) is 19.8 Å². The maximum absolute atomic E-state index is 12.4. The molecule has 0 aliphatic carbocycles. The highest BCUT2D eigenvalue weighted by Gasteiger charge is 2.31. The second-order valence-electron chi connectivity index (χ2n) is 2.91. The van der Waals surface area contributed by atoms with Crippen molar-refractivity contribution >= 4 is 6.29 Å². The molecule has 0 heterocycles. The second-order valence-corrected chi connectivity index (χ2v) is 2.91. The van der Waals surface area contributed by atoms with Gasteiger partial charge in [0.1, 0.15) is 0 Å². The molecule has 0 aromatic heterocycles. The molecule has 0 aliphatic rings. The monoisotopic (exact) mass is 221 g/mol. The first-order chi connectivity index (χ1) is 6.95. The van der Waals surface area contributed by atoms with Crippen LogP contribution in [0.5, 0.6) is 0 Å². The normalized spacial score (nSPS) is 13.9. The highest BCUT2D eigenvalue weighted by molar-refractivity contribution is 5.73. The molecule has 0 spiro atoms. The summed E-state index contributed by atoms with van der Waals surface area (Å²) >= 11 is 0. The van der Waals surface area contributed by atoms with Crippen molar-refractivity contribution in [1.82, 2.24) is 5.32 Å². The summed E-state index contributed by atoms with van der Waals surface area (Å²) < 4.78 is 37.3. The number of carbonyl (C=O) groups excluding carboxylic acids is 1. The molecule has 0 rings (SSSR count). The van der Waals surface area contributed by atoms with E-state index in [1.165, 1.54) is 7.05 Å².